The molecule has 1 atom stereocenters. The van der Waals surface area contributed by atoms with Gasteiger partial charge in [-0.25, -0.2) is 0 Å². The van der Waals surface area contributed by atoms with Gasteiger partial charge >= 0.3 is 6.18 Å². The quantitative estimate of drug-likeness (QED) is 0.834. The normalized spacial score (nSPS) is 21.4. The number of hydrogen-bond donors (Lipinski definition) is 0. The van der Waals surface area contributed by atoms with Gasteiger partial charge in [0.1, 0.15) is 5.69 Å². The fraction of sp³-hybridized carbons (Fsp3) is 0.583. The maximum atomic E-state index is 12.3. The number of pyridine rings is 1. The second-order valence-electron chi connectivity index (χ2n) is 4.43. The number of ether oxygens (including phenoxy) is 1. The zero-order chi connectivity index (χ0) is 13.2. The van der Waals surface area contributed by atoms with E-state index < -0.39 is 11.9 Å². The van der Waals surface area contributed by atoms with Crippen molar-refractivity contribution in [1.29, 1.82) is 0 Å². The average Bonchev–Trinajstić information content (AvgIpc) is 2.76. The van der Waals surface area contributed by atoms with E-state index in [0.29, 0.717) is 6.54 Å². The molecule has 18 heavy (non-hydrogen) atoms. The Labute approximate surface area is 104 Å². The minimum atomic E-state index is -4.37. The van der Waals surface area contributed by atoms with E-state index in [0.717, 1.165) is 31.1 Å². The average molecular weight is 260 g/mol. The first-order chi connectivity index (χ1) is 8.49. The lowest BCUT2D eigenvalue weighted by Gasteiger charge is -2.15. The van der Waals surface area contributed by atoms with Gasteiger partial charge in [0.2, 0.25) is 0 Å². The first-order valence-corrected chi connectivity index (χ1v) is 5.76. The van der Waals surface area contributed by atoms with Crippen molar-refractivity contribution in [3.8, 4) is 0 Å². The van der Waals surface area contributed by atoms with Gasteiger partial charge in [-0.3, -0.25) is 9.88 Å². The molecule has 2 rings (SSSR count). The minimum Gasteiger partial charge on any atom is -0.380 e. The zero-order valence-corrected chi connectivity index (χ0v) is 10.1. The van der Waals surface area contributed by atoms with Gasteiger partial charge in [0.15, 0.2) is 0 Å². The molecule has 1 aliphatic heterocycles. The van der Waals surface area contributed by atoms with Gasteiger partial charge in [-0.1, -0.05) is 6.07 Å². The molecule has 0 radical (unpaired) electrons. The molecule has 0 amide bonds. The van der Waals surface area contributed by atoms with Crippen molar-refractivity contribution >= 4 is 0 Å². The highest BCUT2D eigenvalue weighted by molar-refractivity contribution is 5.16. The first-order valence-electron chi connectivity index (χ1n) is 5.76. The number of nitrogens with zero attached hydrogens (tertiary/aromatic N) is 2. The number of rotatable bonds is 3. The molecule has 0 unspecified atom stereocenters. The lowest BCUT2D eigenvalue weighted by molar-refractivity contribution is -0.141. The number of halogens is 3. The Morgan fingerprint density at radius 2 is 2.22 bits per heavy atom. The van der Waals surface area contributed by atoms with Crippen LogP contribution in [0.2, 0.25) is 0 Å². The van der Waals surface area contributed by atoms with E-state index in [1.54, 1.807) is 7.11 Å². The predicted octanol–water partition coefficient (Wildman–Crippen LogP) is 2.32. The fourth-order valence-corrected chi connectivity index (χ4v) is 2.08. The molecule has 1 aromatic rings. The summed E-state index contributed by atoms with van der Waals surface area (Å²) >= 11 is 0. The molecular weight excluding hydrogens is 245 g/mol. The molecule has 1 aromatic heterocycles. The molecule has 0 aromatic carbocycles. The molecule has 0 saturated carbocycles. The Balaban J connectivity index is 1.95. The highest BCUT2D eigenvalue weighted by Crippen LogP contribution is 2.27. The molecule has 0 spiro atoms. The third kappa shape index (κ3) is 3.20. The van der Waals surface area contributed by atoms with Gasteiger partial charge in [-0.15, -0.1) is 0 Å². The Kier molecular flexibility index (Phi) is 3.87. The topological polar surface area (TPSA) is 25.4 Å². The van der Waals surface area contributed by atoms with E-state index in [4.69, 9.17) is 4.74 Å². The lowest BCUT2D eigenvalue weighted by atomic mass is 10.2. The second kappa shape index (κ2) is 5.24. The van der Waals surface area contributed by atoms with Crippen molar-refractivity contribution in [2.24, 2.45) is 0 Å². The summed E-state index contributed by atoms with van der Waals surface area (Å²) in [7, 11) is 1.67. The van der Waals surface area contributed by atoms with E-state index in [2.05, 4.69) is 9.88 Å². The van der Waals surface area contributed by atoms with Crippen LogP contribution < -0.4 is 0 Å². The van der Waals surface area contributed by atoms with Crippen molar-refractivity contribution in [1.82, 2.24) is 9.88 Å². The zero-order valence-electron chi connectivity index (χ0n) is 10.1. The summed E-state index contributed by atoms with van der Waals surface area (Å²) in [5.41, 5.74) is -0.0535. The monoisotopic (exact) mass is 260 g/mol. The lowest BCUT2D eigenvalue weighted by Crippen LogP contribution is -2.22. The summed E-state index contributed by atoms with van der Waals surface area (Å²) in [6.07, 6.45) is -1.88. The van der Waals surface area contributed by atoms with E-state index in [1.807, 2.05) is 0 Å². The molecule has 1 fully saturated rings. The third-order valence-corrected chi connectivity index (χ3v) is 3.08. The number of aromatic nitrogens is 1. The maximum Gasteiger partial charge on any atom is 0.433 e. The Hall–Kier alpha value is -1.14. The van der Waals surface area contributed by atoms with Crippen LogP contribution in [0.4, 0.5) is 13.2 Å². The van der Waals surface area contributed by atoms with Crippen LogP contribution in [-0.2, 0) is 17.5 Å². The van der Waals surface area contributed by atoms with Crippen molar-refractivity contribution in [3.63, 3.8) is 0 Å². The maximum absolute atomic E-state index is 12.3. The van der Waals surface area contributed by atoms with Crippen LogP contribution in [0.5, 0.6) is 0 Å². The van der Waals surface area contributed by atoms with Crippen LogP contribution in [0.25, 0.3) is 0 Å². The molecule has 1 saturated heterocycles. The van der Waals surface area contributed by atoms with E-state index >= 15 is 0 Å². The highest BCUT2D eigenvalue weighted by atomic mass is 19.4. The van der Waals surface area contributed by atoms with E-state index in [1.165, 1.54) is 12.3 Å². The summed E-state index contributed by atoms with van der Waals surface area (Å²) in [6, 6.07) is 2.51. The second-order valence-corrected chi connectivity index (χ2v) is 4.43. The SMILES string of the molecule is CO[C@@H]1CCN(Cc2ccc(C(F)(F)F)nc2)C1. The van der Waals surface area contributed by atoms with Gasteiger partial charge in [-0.2, -0.15) is 13.2 Å². The van der Waals surface area contributed by atoms with Crippen LogP contribution in [0, 0.1) is 0 Å². The molecule has 0 N–H and O–H groups in total. The third-order valence-electron chi connectivity index (χ3n) is 3.08. The first kappa shape index (κ1) is 13.3. The standard InChI is InChI=1S/C12H15F3N2O/c1-18-10-4-5-17(8-10)7-9-2-3-11(16-6-9)12(13,14)15/h2-3,6,10H,4-5,7-8H2,1H3/t10-/m1/s1. The largest absolute Gasteiger partial charge is 0.433 e. The minimum absolute atomic E-state index is 0.229. The van der Waals surface area contributed by atoms with E-state index in [9.17, 15) is 13.2 Å². The smallest absolute Gasteiger partial charge is 0.380 e. The molecule has 2 heterocycles. The number of likely N-dealkylation sites (tertiary alicyclic amines) is 1. The molecule has 0 bridgehead atoms. The van der Waals surface area contributed by atoms with Crippen molar-refractivity contribution < 1.29 is 17.9 Å². The molecular formula is C12H15F3N2O. The van der Waals surface area contributed by atoms with E-state index in [-0.39, 0.29) is 6.10 Å². The Morgan fingerprint density at radius 3 is 2.72 bits per heavy atom. The van der Waals surface area contributed by atoms with Gasteiger partial charge in [0.25, 0.3) is 0 Å². The van der Waals surface area contributed by atoms with Crippen LogP contribution in [-0.4, -0.2) is 36.2 Å². The van der Waals surface area contributed by atoms with Gasteiger partial charge < -0.3 is 4.74 Å². The summed E-state index contributed by atoms with van der Waals surface area (Å²) in [4.78, 5) is 5.60. The number of alkyl halides is 3. The van der Waals surface area contributed by atoms with Crippen molar-refractivity contribution in [2.45, 2.75) is 25.2 Å². The molecule has 6 heteroatoms. The predicted molar refractivity (Wildman–Crippen MR) is 59.9 cm³/mol. The number of methoxy groups -OCH3 is 1. The molecule has 3 nitrogen and oxygen atoms in total. The van der Waals surface area contributed by atoms with Crippen LogP contribution >= 0.6 is 0 Å². The fourth-order valence-electron chi connectivity index (χ4n) is 2.08. The highest BCUT2D eigenvalue weighted by Gasteiger charge is 2.32. The van der Waals surface area contributed by atoms with Crippen LogP contribution in [0.15, 0.2) is 18.3 Å². The Bertz CT molecular complexity index is 391. The van der Waals surface area contributed by atoms with Crippen LogP contribution in [0.1, 0.15) is 17.7 Å². The number of hydrogen-bond acceptors (Lipinski definition) is 3. The van der Waals surface area contributed by atoms with Gasteiger partial charge in [-0.05, 0) is 18.1 Å². The summed E-state index contributed by atoms with van der Waals surface area (Å²) in [5.74, 6) is 0. The summed E-state index contributed by atoms with van der Waals surface area (Å²) in [5, 5.41) is 0. The molecule has 1 aliphatic rings. The molecule has 0 aliphatic carbocycles. The Morgan fingerprint density at radius 1 is 1.44 bits per heavy atom. The van der Waals surface area contributed by atoms with Gasteiger partial charge in [0.05, 0.1) is 6.10 Å². The summed E-state index contributed by atoms with van der Waals surface area (Å²) < 4.78 is 42.2. The van der Waals surface area contributed by atoms with Gasteiger partial charge in [0, 0.05) is 32.9 Å². The molecule has 100 valence electrons. The van der Waals surface area contributed by atoms with Crippen molar-refractivity contribution in [3.05, 3.63) is 29.6 Å². The van der Waals surface area contributed by atoms with Crippen LogP contribution in [0.3, 0.4) is 0 Å². The summed E-state index contributed by atoms with van der Waals surface area (Å²) in [6.45, 7) is 2.34. The van der Waals surface area contributed by atoms with Crippen molar-refractivity contribution in [2.75, 3.05) is 20.2 Å².